The monoisotopic (exact) mass is 429 g/mol. The van der Waals surface area contributed by atoms with Crippen LogP contribution >= 0.6 is 11.3 Å². The van der Waals surface area contributed by atoms with E-state index < -0.39 is 6.04 Å². The van der Waals surface area contributed by atoms with Gasteiger partial charge in [0.15, 0.2) is 5.84 Å². The molecule has 1 aliphatic heterocycles. The zero-order valence-electron chi connectivity index (χ0n) is 16.8. The fourth-order valence-corrected chi connectivity index (χ4v) is 4.36. The lowest BCUT2D eigenvalue weighted by Crippen LogP contribution is -2.53. The molecule has 160 valence electrons. The van der Waals surface area contributed by atoms with Gasteiger partial charge in [-0.2, -0.15) is 0 Å². The number of oxime groups is 1. The summed E-state index contributed by atoms with van der Waals surface area (Å²) in [5.41, 5.74) is 6.79. The number of amides is 2. The lowest BCUT2D eigenvalue weighted by molar-refractivity contribution is -0.130. The lowest BCUT2D eigenvalue weighted by atomic mass is 9.86. The van der Waals surface area contributed by atoms with E-state index in [1.807, 2.05) is 18.2 Å². The van der Waals surface area contributed by atoms with Crippen LogP contribution in [0.1, 0.15) is 41.0 Å². The van der Waals surface area contributed by atoms with Crippen LogP contribution in [0.5, 0.6) is 0 Å². The third-order valence-electron chi connectivity index (χ3n) is 5.20. The van der Waals surface area contributed by atoms with Crippen LogP contribution in [0.3, 0.4) is 0 Å². The Kier molecular flexibility index (Phi) is 7.42. The molecule has 30 heavy (non-hydrogen) atoms. The predicted octanol–water partition coefficient (Wildman–Crippen LogP) is 1.50. The van der Waals surface area contributed by atoms with E-state index in [9.17, 15) is 9.59 Å². The molecule has 1 saturated heterocycles. The van der Waals surface area contributed by atoms with Crippen molar-refractivity contribution in [3.63, 3.8) is 0 Å². The molecule has 9 heteroatoms. The normalized spacial score (nSPS) is 20.4. The molecule has 3 rings (SSSR count). The molecule has 0 spiro atoms. The number of nitrogens with two attached hydrogens (primary N) is 1. The molecular weight excluding hydrogens is 402 g/mol. The second-order valence-corrected chi connectivity index (χ2v) is 8.51. The molecular formula is C21H27N5O3S. The first-order valence-corrected chi connectivity index (χ1v) is 10.7. The standard InChI is InChI=1S/C21H27N5O3S/c1-13(20(27)24-12-16-7-8-18(30-16)19(22)26-29)25-21(28)17-11-15(9-10-23-17)14-5-3-2-4-6-14/h2-8,13,15,17,23,29H,9-12H2,1H3,(H2,22,26)(H,24,27)(H,25,28)/t13?,15-,17+/m0/s1. The molecule has 1 unspecified atom stereocenters. The maximum absolute atomic E-state index is 12.7. The van der Waals surface area contributed by atoms with Gasteiger partial charge < -0.3 is 26.9 Å². The molecule has 1 aromatic heterocycles. The summed E-state index contributed by atoms with van der Waals surface area (Å²) in [5.74, 6) is -0.0663. The van der Waals surface area contributed by atoms with Crippen LogP contribution < -0.4 is 21.7 Å². The zero-order valence-corrected chi connectivity index (χ0v) is 17.6. The van der Waals surface area contributed by atoms with Crippen LogP contribution in [-0.4, -0.2) is 41.5 Å². The number of piperidine rings is 1. The van der Waals surface area contributed by atoms with Gasteiger partial charge in [0.2, 0.25) is 11.8 Å². The van der Waals surface area contributed by atoms with Crippen LogP contribution in [0.2, 0.25) is 0 Å². The minimum atomic E-state index is -0.653. The average molecular weight is 430 g/mol. The summed E-state index contributed by atoms with van der Waals surface area (Å²) < 4.78 is 0. The van der Waals surface area contributed by atoms with Crippen molar-refractivity contribution in [3.8, 4) is 0 Å². The molecule has 0 aliphatic carbocycles. The Balaban J connectivity index is 1.48. The van der Waals surface area contributed by atoms with Crippen molar-refractivity contribution in [2.24, 2.45) is 10.9 Å². The highest BCUT2D eigenvalue weighted by atomic mass is 32.1. The largest absolute Gasteiger partial charge is 0.409 e. The summed E-state index contributed by atoms with van der Waals surface area (Å²) in [6.45, 7) is 2.74. The van der Waals surface area contributed by atoms with Crippen molar-refractivity contribution in [1.29, 1.82) is 0 Å². The van der Waals surface area contributed by atoms with Crippen LogP contribution in [0.15, 0.2) is 47.6 Å². The third kappa shape index (κ3) is 5.58. The van der Waals surface area contributed by atoms with Gasteiger partial charge in [0, 0.05) is 4.88 Å². The Labute approximate surface area is 179 Å². The second-order valence-electron chi connectivity index (χ2n) is 7.34. The van der Waals surface area contributed by atoms with Crippen molar-refractivity contribution in [2.75, 3.05) is 6.54 Å². The van der Waals surface area contributed by atoms with Crippen molar-refractivity contribution in [3.05, 3.63) is 57.8 Å². The summed E-state index contributed by atoms with van der Waals surface area (Å²) in [6, 6.07) is 12.8. The lowest BCUT2D eigenvalue weighted by Gasteiger charge is -2.30. The molecule has 2 amide bonds. The Bertz CT molecular complexity index is 899. The first kappa shape index (κ1) is 21.8. The van der Waals surface area contributed by atoms with Crippen LogP contribution in [-0.2, 0) is 16.1 Å². The molecule has 1 fully saturated rings. The number of carbonyl (C=O) groups excluding carboxylic acids is 2. The number of rotatable bonds is 7. The molecule has 8 nitrogen and oxygen atoms in total. The number of benzene rings is 1. The molecule has 1 aliphatic rings. The molecule has 0 bridgehead atoms. The number of hydrogen-bond acceptors (Lipinski definition) is 6. The van der Waals surface area contributed by atoms with Crippen molar-refractivity contribution in [2.45, 2.75) is 44.3 Å². The van der Waals surface area contributed by atoms with Crippen molar-refractivity contribution < 1.29 is 14.8 Å². The zero-order chi connectivity index (χ0) is 21.5. The summed E-state index contributed by atoms with van der Waals surface area (Å²) in [4.78, 5) is 26.5. The number of nitrogens with one attached hydrogen (secondary N) is 3. The highest BCUT2D eigenvalue weighted by molar-refractivity contribution is 7.14. The van der Waals surface area contributed by atoms with Gasteiger partial charge in [-0.1, -0.05) is 35.5 Å². The van der Waals surface area contributed by atoms with Crippen LogP contribution in [0.25, 0.3) is 0 Å². The highest BCUT2D eigenvalue weighted by Gasteiger charge is 2.29. The maximum atomic E-state index is 12.7. The summed E-state index contributed by atoms with van der Waals surface area (Å²) in [7, 11) is 0. The van der Waals surface area contributed by atoms with E-state index in [1.165, 1.54) is 16.9 Å². The first-order chi connectivity index (χ1) is 14.5. The smallest absolute Gasteiger partial charge is 0.242 e. The van der Waals surface area contributed by atoms with Gasteiger partial charge in [0.1, 0.15) is 6.04 Å². The molecule has 0 radical (unpaired) electrons. The molecule has 2 heterocycles. The fourth-order valence-electron chi connectivity index (χ4n) is 3.51. The molecule has 2 aromatic rings. The summed E-state index contributed by atoms with van der Waals surface area (Å²) >= 11 is 1.33. The van der Waals surface area contributed by atoms with E-state index in [2.05, 4.69) is 33.2 Å². The quantitative estimate of drug-likeness (QED) is 0.197. The van der Waals surface area contributed by atoms with Gasteiger partial charge in [-0.3, -0.25) is 9.59 Å². The van der Waals surface area contributed by atoms with Gasteiger partial charge in [-0.15, -0.1) is 11.3 Å². The molecule has 1 aromatic carbocycles. The van der Waals surface area contributed by atoms with Crippen molar-refractivity contribution in [1.82, 2.24) is 16.0 Å². The minimum absolute atomic E-state index is 0.0343. The van der Waals surface area contributed by atoms with Gasteiger partial charge in [-0.25, -0.2) is 0 Å². The van der Waals surface area contributed by atoms with Gasteiger partial charge in [0.05, 0.1) is 17.5 Å². The van der Waals surface area contributed by atoms with E-state index in [4.69, 9.17) is 10.9 Å². The molecule has 3 atom stereocenters. The van der Waals surface area contributed by atoms with Gasteiger partial charge in [-0.05, 0) is 49.9 Å². The molecule has 6 N–H and O–H groups in total. The van der Waals surface area contributed by atoms with E-state index >= 15 is 0 Å². The SMILES string of the molecule is CC(NC(=O)[C@H]1C[C@@H](c2ccccc2)CCN1)C(=O)NCc1ccc(C(N)=NO)s1. The summed E-state index contributed by atoms with van der Waals surface area (Å²) in [5, 5.41) is 20.5. The Hall–Kier alpha value is -2.91. The Morgan fingerprint density at radius 3 is 2.80 bits per heavy atom. The first-order valence-electron chi connectivity index (χ1n) is 9.91. The minimum Gasteiger partial charge on any atom is -0.409 e. The van der Waals surface area contributed by atoms with E-state index in [0.29, 0.717) is 23.8 Å². The molecule has 0 saturated carbocycles. The highest BCUT2D eigenvalue weighted by Crippen LogP contribution is 2.27. The third-order valence-corrected chi connectivity index (χ3v) is 6.31. The Morgan fingerprint density at radius 1 is 1.30 bits per heavy atom. The van der Waals surface area contributed by atoms with Crippen LogP contribution in [0.4, 0.5) is 0 Å². The van der Waals surface area contributed by atoms with E-state index in [1.54, 1.807) is 19.1 Å². The van der Waals surface area contributed by atoms with Crippen molar-refractivity contribution >= 4 is 29.0 Å². The average Bonchev–Trinajstić information content (AvgIpc) is 3.26. The number of hydrogen-bond donors (Lipinski definition) is 5. The van der Waals surface area contributed by atoms with Crippen LogP contribution in [0, 0.1) is 0 Å². The number of amidine groups is 1. The number of thiophene rings is 1. The summed E-state index contributed by atoms with van der Waals surface area (Å²) in [6.07, 6.45) is 1.69. The Morgan fingerprint density at radius 2 is 2.07 bits per heavy atom. The number of carbonyl (C=O) groups is 2. The second kappa shape index (κ2) is 10.2. The number of nitrogens with zero attached hydrogens (tertiary/aromatic N) is 1. The van der Waals surface area contributed by atoms with Gasteiger partial charge >= 0.3 is 0 Å². The fraction of sp³-hybridized carbons (Fsp3) is 0.381. The predicted molar refractivity (Wildman–Crippen MR) is 116 cm³/mol. The van der Waals surface area contributed by atoms with E-state index in [0.717, 1.165) is 17.8 Å². The van der Waals surface area contributed by atoms with E-state index in [-0.39, 0.29) is 23.7 Å². The topological polar surface area (TPSA) is 129 Å². The maximum Gasteiger partial charge on any atom is 0.242 e. The van der Waals surface area contributed by atoms with Gasteiger partial charge in [0.25, 0.3) is 0 Å².